The van der Waals surface area contributed by atoms with Crippen LogP contribution in [0.5, 0.6) is 0 Å². The van der Waals surface area contributed by atoms with E-state index < -0.39 is 0 Å². The molecule has 0 aromatic heterocycles. The number of carbonyl (C=O) groups excluding carboxylic acids is 1. The summed E-state index contributed by atoms with van der Waals surface area (Å²) in [6.07, 6.45) is 6.73. The third-order valence-corrected chi connectivity index (χ3v) is 6.94. The molecule has 4 saturated carbocycles. The topological polar surface area (TPSA) is 44.8 Å². The van der Waals surface area contributed by atoms with E-state index in [1.165, 1.54) is 25.7 Å². The van der Waals surface area contributed by atoms with Crippen molar-refractivity contribution < 1.29 is 19.0 Å². The average molecular weight is 308 g/mol. The maximum atomic E-state index is 12.4. The zero-order chi connectivity index (χ0) is 15.1. The van der Waals surface area contributed by atoms with Gasteiger partial charge in [-0.25, -0.2) is 0 Å². The van der Waals surface area contributed by atoms with Crippen LogP contribution in [0.25, 0.3) is 0 Å². The summed E-state index contributed by atoms with van der Waals surface area (Å²) < 4.78 is 15.8. The molecule has 0 radical (unpaired) electrons. The van der Waals surface area contributed by atoms with Crippen LogP contribution in [0.15, 0.2) is 0 Å². The van der Waals surface area contributed by atoms with Crippen LogP contribution in [0.2, 0.25) is 0 Å². The molecule has 4 aliphatic rings. The zero-order valence-electron chi connectivity index (χ0n) is 13.5. The highest BCUT2D eigenvalue weighted by Crippen LogP contribution is 2.68. The lowest BCUT2D eigenvalue weighted by Crippen LogP contribution is -2.36. The van der Waals surface area contributed by atoms with Gasteiger partial charge in [-0.3, -0.25) is 4.79 Å². The zero-order valence-corrected chi connectivity index (χ0v) is 13.5. The van der Waals surface area contributed by atoms with Crippen LogP contribution >= 0.6 is 0 Å². The highest BCUT2D eigenvalue weighted by molar-refractivity contribution is 5.73. The second-order valence-corrected chi connectivity index (χ2v) is 7.76. The van der Waals surface area contributed by atoms with Crippen LogP contribution in [-0.4, -0.2) is 39.5 Å². The van der Waals surface area contributed by atoms with Crippen LogP contribution in [0, 0.1) is 41.4 Å². The molecule has 4 nitrogen and oxygen atoms in total. The van der Waals surface area contributed by atoms with Gasteiger partial charge in [0.2, 0.25) is 0 Å². The van der Waals surface area contributed by atoms with Gasteiger partial charge in [0.15, 0.2) is 0 Å². The third-order valence-electron chi connectivity index (χ3n) is 6.94. The lowest BCUT2D eigenvalue weighted by molar-refractivity contribution is -0.153. The molecule has 0 aromatic rings. The SMILES string of the molecule is COCCOCCOC(=O)C1CC2CC1C1C3CCC(C3)C21. The van der Waals surface area contributed by atoms with Crippen LogP contribution < -0.4 is 0 Å². The van der Waals surface area contributed by atoms with Crippen molar-refractivity contribution in [2.75, 3.05) is 33.5 Å². The molecular formula is C18H28O4. The van der Waals surface area contributed by atoms with Crippen molar-refractivity contribution in [3.05, 3.63) is 0 Å². The predicted octanol–water partition coefficient (Wildman–Crippen LogP) is 2.51. The van der Waals surface area contributed by atoms with Crippen molar-refractivity contribution >= 4 is 5.97 Å². The van der Waals surface area contributed by atoms with E-state index in [-0.39, 0.29) is 11.9 Å². The Morgan fingerprint density at radius 1 is 0.909 bits per heavy atom. The average Bonchev–Trinajstić information content (AvgIpc) is 3.28. The monoisotopic (exact) mass is 308 g/mol. The Kier molecular flexibility index (Phi) is 4.16. The molecular weight excluding hydrogens is 280 g/mol. The molecule has 0 aromatic carbocycles. The molecule has 4 rings (SSSR count). The third kappa shape index (κ3) is 2.39. The lowest BCUT2D eigenvalue weighted by atomic mass is 9.67. The lowest BCUT2D eigenvalue weighted by Gasteiger charge is -2.37. The maximum absolute atomic E-state index is 12.4. The first-order valence-corrected chi connectivity index (χ1v) is 9.03. The van der Waals surface area contributed by atoms with E-state index in [4.69, 9.17) is 14.2 Å². The van der Waals surface area contributed by atoms with Gasteiger partial charge in [0, 0.05) is 7.11 Å². The molecule has 0 saturated heterocycles. The van der Waals surface area contributed by atoms with E-state index >= 15 is 0 Å². The van der Waals surface area contributed by atoms with Gasteiger partial charge in [-0.2, -0.15) is 0 Å². The summed E-state index contributed by atoms with van der Waals surface area (Å²) in [5.41, 5.74) is 0. The summed E-state index contributed by atoms with van der Waals surface area (Å²) in [4.78, 5) is 12.4. The minimum atomic E-state index is 0.0454. The van der Waals surface area contributed by atoms with Gasteiger partial charge in [-0.15, -0.1) is 0 Å². The van der Waals surface area contributed by atoms with Gasteiger partial charge in [-0.1, -0.05) is 0 Å². The van der Waals surface area contributed by atoms with Crippen molar-refractivity contribution in [1.29, 1.82) is 0 Å². The number of carbonyl (C=O) groups is 1. The van der Waals surface area contributed by atoms with E-state index in [1.54, 1.807) is 7.11 Å². The summed E-state index contributed by atoms with van der Waals surface area (Å²) >= 11 is 0. The number of hydrogen-bond donors (Lipinski definition) is 0. The molecule has 7 atom stereocenters. The summed E-state index contributed by atoms with van der Waals surface area (Å²) in [6.45, 7) is 2.02. The first-order valence-electron chi connectivity index (χ1n) is 9.03. The van der Waals surface area contributed by atoms with Gasteiger partial charge in [-0.05, 0) is 67.6 Å². The molecule has 0 aliphatic heterocycles. The first kappa shape index (κ1) is 14.9. The molecule has 22 heavy (non-hydrogen) atoms. The molecule has 0 heterocycles. The van der Waals surface area contributed by atoms with Crippen molar-refractivity contribution in [2.45, 2.75) is 32.1 Å². The molecule has 0 N–H and O–H groups in total. The van der Waals surface area contributed by atoms with Crippen LogP contribution in [0.1, 0.15) is 32.1 Å². The number of fused-ring (bicyclic) bond motifs is 9. The van der Waals surface area contributed by atoms with Gasteiger partial charge >= 0.3 is 5.97 Å². The number of hydrogen-bond acceptors (Lipinski definition) is 4. The predicted molar refractivity (Wildman–Crippen MR) is 81.2 cm³/mol. The van der Waals surface area contributed by atoms with Crippen molar-refractivity contribution in [3.63, 3.8) is 0 Å². The summed E-state index contributed by atoms with van der Waals surface area (Å²) in [6, 6.07) is 0. The Balaban J connectivity index is 1.25. The van der Waals surface area contributed by atoms with Crippen LogP contribution in [0.4, 0.5) is 0 Å². The summed E-state index contributed by atoms with van der Waals surface area (Å²) in [5, 5.41) is 0. The van der Waals surface area contributed by atoms with E-state index in [1.807, 2.05) is 0 Å². The van der Waals surface area contributed by atoms with Crippen molar-refractivity contribution in [1.82, 2.24) is 0 Å². The Morgan fingerprint density at radius 2 is 1.68 bits per heavy atom. The second kappa shape index (κ2) is 6.12. The summed E-state index contributed by atoms with van der Waals surface area (Å²) in [5.74, 6) is 5.42. The standard InChI is InChI=1S/C18H28O4/c1-20-4-5-21-6-7-22-18(19)15-10-13-9-14(15)17-12-3-2-11(8-12)16(13)17/h11-17H,2-10H2,1H3. The molecule has 124 valence electrons. The molecule has 0 amide bonds. The molecule has 4 aliphatic carbocycles. The van der Waals surface area contributed by atoms with Gasteiger partial charge in [0.1, 0.15) is 6.61 Å². The molecule has 4 heteroatoms. The first-order chi connectivity index (χ1) is 10.8. The quantitative estimate of drug-likeness (QED) is 0.412. The highest BCUT2D eigenvalue weighted by Gasteiger charge is 2.63. The van der Waals surface area contributed by atoms with E-state index in [2.05, 4.69) is 0 Å². The fraction of sp³-hybridized carbons (Fsp3) is 0.944. The Hall–Kier alpha value is -0.610. The minimum absolute atomic E-state index is 0.0454. The number of methoxy groups -OCH3 is 1. The van der Waals surface area contributed by atoms with Gasteiger partial charge < -0.3 is 14.2 Å². The highest BCUT2D eigenvalue weighted by atomic mass is 16.6. The van der Waals surface area contributed by atoms with Gasteiger partial charge in [0.25, 0.3) is 0 Å². The molecule has 4 fully saturated rings. The van der Waals surface area contributed by atoms with Crippen LogP contribution in [-0.2, 0) is 19.0 Å². The number of esters is 1. The number of ether oxygens (including phenoxy) is 3. The molecule has 7 unspecified atom stereocenters. The van der Waals surface area contributed by atoms with E-state index in [9.17, 15) is 4.79 Å². The largest absolute Gasteiger partial charge is 0.463 e. The number of rotatable bonds is 7. The minimum Gasteiger partial charge on any atom is -0.463 e. The molecule has 4 bridgehead atoms. The van der Waals surface area contributed by atoms with Gasteiger partial charge in [0.05, 0.1) is 25.7 Å². The normalized spacial score (nSPS) is 44.5. The summed E-state index contributed by atoms with van der Waals surface area (Å²) in [7, 11) is 1.65. The second-order valence-electron chi connectivity index (χ2n) is 7.76. The van der Waals surface area contributed by atoms with Crippen LogP contribution in [0.3, 0.4) is 0 Å². The fourth-order valence-corrected chi connectivity index (χ4v) is 6.39. The fourth-order valence-electron chi connectivity index (χ4n) is 6.39. The van der Waals surface area contributed by atoms with Crippen molar-refractivity contribution in [3.8, 4) is 0 Å². The smallest absolute Gasteiger partial charge is 0.309 e. The Bertz CT molecular complexity index is 423. The van der Waals surface area contributed by atoms with E-state index in [0.29, 0.717) is 32.3 Å². The van der Waals surface area contributed by atoms with E-state index in [0.717, 1.165) is 36.0 Å². The Labute approximate surface area is 132 Å². The molecule has 0 spiro atoms. The Morgan fingerprint density at radius 3 is 2.50 bits per heavy atom. The van der Waals surface area contributed by atoms with Crippen molar-refractivity contribution in [2.24, 2.45) is 41.4 Å². The maximum Gasteiger partial charge on any atom is 0.309 e.